The third kappa shape index (κ3) is 4.51. The summed E-state index contributed by atoms with van der Waals surface area (Å²) >= 11 is 1.23. The van der Waals surface area contributed by atoms with Crippen LogP contribution < -0.4 is 9.62 Å². The van der Waals surface area contributed by atoms with Crippen molar-refractivity contribution in [3.05, 3.63) is 72.4 Å². The van der Waals surface area contributed by atoms with Gasteiger partial charge in [0.2, 0.25) is 5.91 Å². The van der Waals surface area contributed by atoms with Gasteiger partial charge >= 0.3 is 0 Å². The molecule has 0 bridgehead atoms. The van der Waals surface area contributed by atoms with Crippen LogP contribution in [0.2, 0.25) is 0 Å². The van der Waals surface area contributed by atoms with E-state index in [-0.39, 0.29) is 16.8 Å². The number of benzene rings is 2. The molecular formula is C24H25N5O3S2. The van der Waals surface area contributed by atoms with Crippen molar-refractivity contribution >= 4 is 49.0 Å². The van der Waals surface area contributed by atoms with Crippen molar-refractivity contribution in [3.63, 3.8) is 0 Å². The van der Waals surface area contributed by atoms with E-state index in [1.807, 2.05) is 58.1 Å². The van der Waals surface area contributed by atoms with Crippen LogP contribution in [0.5, 0.6) is 0 Å². The molecule has 2 aromatic heterocycles. The van der Waals surface area contributed by atoms with E-state index in [2.05, 4.69) is 21.5 Å². The molecule has 1 aliphatic rings. The number of sulfonamides is 1. The molecule has 8 nitrogen and oxygen atoms in total. The molecular weight excluding hydrogens is 470 g/mol. The van der Waals surface area contributed by atoms with Crippen LogP contribution in [0.15, 0.2) is 77.3 Å². The van der Waals surface area contributed by atoms with Crippen LogP contribution in [0.4, 0.5) is 10.8 Å². The zero-order valence-electron chi connectivity index (χ0n) is 18.7. The van der Waals surface area contributed by atoms with E-state index in [0.717, 1.165) is 16.6 Å². The highest BCUT2D eigenvalue weighted by atomic mass is 32.2. The van der Waals surface area contributed by atoms with Crippen molar-refractivity contribution < 1.29 is 13.2 Å². The molecule has 1 amide bonds. The molecule has 0 aliphatic carbocycles. The third-order valence-electron chi connectivity index (χ3n) is 6.10. The van der Waals surface area contributed by atoms with Gasteiger partial charge in [-0.25, -0.2) is 13.4 Å². The molecule has 1 N–H and O–H groups in total. The topological polar surface area (TPSA) is 87.5 Å². The summed E-state index contributed by atoms with van der Waals surface area (Å²) in [4.78, 5) is 21.3. The Bertz CT molecular complexity index is 1400. The van der Waals surface area contributed by atoms with E-state index in [4.69, 9.17) is 0 Å². The van der Waals surface area contributed by atoms with Crippen LogP contribution in [0.25, 0.3) is 10.9 Å². The minimum Gasteiger partial charge on any atom is -0.368 e. The molecule has 1 unspecified atom stereocenters. The van der Waals surface area contributed by atoms with Gasteiger partial charge in [-0.2, -0.15) is 0 Å². The van der Waals surface area contributed by atoms with Crippen molar-refractivity contribution in [2.24, 2.45) is 0 Å². The number of hydrogen-bond donors (Lipinski definition) is 1. The van der Waals surface area contributed by atoms with Gasteiger partial charge in [0, 0.05) is 54.7 Å². The SMILES string of the molecule is CC1CN(c2ccc(S(=O)(=O)Nc3nccs3)cc2)CCN1C(=O)Cn1ccc2ccccc21. The minimum absolute atomic E-state index is 0.0399. The molecule has 0 spiro atoms. The van der Waals surface area contributed by atoms with Gasteiger partial charge in [-0.1, -0.05) is 18.2 Å². The Hall–Kier alpha value is -3.37. The molecule has 1 saturated heterocycles. The lowest BCUT2D eigenvalue weighted by Crippen LogP contribution is -2.54. The van der Waals surface area contributed by atoms with E-state index in [1.54, 1.807) is 23.7 Å². The Morgan fingerprint density at radius 2 is 1.91 bits per heavy atom. The number of nitrogens with zero attached hydrogens (tertiary/aromatic N) is 4. The van der Waals surface area contributed by atoms with Crippen molar-refractivity contribution in [2.45, 2.75) is 24.4 Å². The smallest absolute Gasteiger partial charge is 0.263 e. The van der Waals surface area contributed by atoms with Crippen LogP contribution in [0.1, 0.15) is 6.92 Å². The largest absolute Gasteiger partial charge is 0.368 e. The highest BCUT2D eigenvalue weighted by Gasteiger charge is 2.28. The van der Waals surface area contributed by atoms with Gasteiger partial charge in [-0.3, -0.25) is 9.52 Å². The van der Waals surface area contributed by atoms with Crippen LogP contribution in [0, 0.1) is 0 Å². The predicted octanol–water partition coefficient (Wildman–Crippen LogP) is 3.64. The number of amides is 1. The standard InChI is InChI=1S/C24H25N5O3S2/c1-18-16-27(20-6-8-21(9-7-20)34(31,32)26-24-25-11-15-33-24)13-14-29(18)23(30)17-28-12-10-19-4-2-3-5-22(19)28/h2-12,15,18H,13-14,16-17H2,1H3,(H,25,26). The number of fused-ring (bicyclic) bond motifs is 1. The first-order valence-electron chi connectivity index (χ1n) is 11.0. The normalized spacial score (nSPS) is 16.7. The van der Waals surface area contributed by atoms with Crippen LogP contribution in [-0.4, -0.2) is 54.5 Å². The third-order valence-corrected chi connectivity index (χ3v) is 8.27. The van der Waals surface area contributed by atoms with Crippen LogP contribution in [0.3, 0.4) is 0 Å². The van der Waals surface area contributed by atoms with Gasteiger partial charge < -0.3 is 14.4 Å². The highest BCUT2D eigenvalue weighted by Crippen LogP contribution is 2.24. The van der Waals surface area contributed by atoms with Gasteiger partial charge in [0.1, 0.15) is 6.54 Å². The van der Waals surface area contributed by atoms with Crippen molar-refractivity contribution in [1.82, 2.24) is 14.5 Å². The maximum absolute atomic E-state index is 13.1. The molecule has 1 atom stereocenters. The molecule has 4 aromatic rings. The fourth-order valence-corrected chi connectivity index (χ4v) is 6.15. The van der Waals surface area contributed by atoms with Crippen LogP contribution in [-0.2, 0) is 21.4 Å². The van der Waals surface area contributed by atoms with E-state index in [1.165, 1.54) is 11.3 Å². The molecule has 0 saturated carbocycles. The lowest BCUT2D eigenvalue weighted by molar-refractivity contribution is -0.134. The number of hydrogen-bond acceptors (Lipinski definition) is 6. The second-order valence-electron chi connectivity index (χ2n) is 8.32. The number of anilines is 2. The summed E-state index contributed by atoms with van der Waals surface area (Å²) in [7, 11) is -3.68. The zero-order chi connectivity index (χ0) is 23.7. The number of aromatic nitrogens is 2. The molecule has 34 heavy (non-hydrogen) atoms. The second-order valence-corrected chi connectivity index (χ2v) is 10.9. The Kier molecular flexibility index (Phi) is 6.01. The van der Waals surface area contributed by atoms with Crippen molar-refractivity contribution in [2.75, 3.05) is 29.3 Å². The van der Waals surface area contributed by atoms with Crippen molar-refractivity contribution in [3.8, 4) is 0 Å². The van der Waals surface area contributed by atoms with E-state index < -0.39 is 10.0 Å². The van der Waals surface area contributed by atoms with Gasteiger partial charge in [-0.05, 0) is 48.7 Å². The molecule has 1 aliphatic heterocycles. The first kappa shape index (κ1) is 22.4. The quantitative estimate of drug-likeness (QED) is 0.441. The summed E-state index contributed by atoms with van der Waals surface area (Å²) < 4.78 is 29.6. The summed E-state index contributed by atoms with van der Waals surface area (Å²) in [5.74, 6) is 0.100. The van der Waals surface area contributed by atoms with Crippen molar-refractivity contribution in [1.29, 1.82) is 0 Å². The number of para-hydroxylation sites is 1. The fourth-order valence-electron chi connectivity index (χ4n) is 4.36. The number of thiazole rings is 1. The lowest BCUT2D eigenvalue weighted by Gasteiger charge is -2.41. The number of carbonyl (C=O) groups is 1. The number of rotatable bonds is 6. The van der Waals surface area contributed by atoms with Crippen LogP contribution >= 0.6 is 11.3 Å². The van der Waals surface area contributed by atoms with E-state index in [9.17, 15) is 13.2 Å². The van der Waals surface area contributed by atoms with E-state index in [0.29, 0.717) is 31.3 Å². The summed E-state index contributed by atoms with van der Waals surface area (Å²) in [6, 6.07) is 16.9. The first-order valence-corrected chi connectivity index (χ1v) is 13.4. The zero-order valence-corrected chi connectivity index (χ0v) is 20.3. The number of carbonyl (C=O) groups excluding carboxylic acids is 1. The monoisotopic (exact) mass is 495 g/mol. The Balaban J connectivity index is 1.22. The molecule has 176 valence electrons. The van der Waals surface area contributed by atoms with Gasteiger partial charge in [0.25, 0.3) is 10.0 Å². The Morgan fingerprint density at radius 1 is 1.12 bits per heavy atom. The summed E-state index contributed by atoms with van der Waals surface area (Å²) in [6.45, 7) is 4.35. The van der Waals surface area contributed by atoms with Gasteiger partial charge in [-0.15, -0.1) is 11.3 Å². The molecule has 1 fully saturated rings. The minimum atomic E-state index is -3.68. The number of piperazine rings is 1. The average Bonchev–Trinajstić information content (AvgIpc) is 3.49. The Morgan fingerprint density at radius 3 is 2.65 bits per heavy atom. The lowest BCUT2D eigenvalue weighted by atomic mass is 10.1. The predicted molar refractivity (Wildman–Crippen MR) is 135 cm³/mol. The summed E-state index contributed by atoms with van der Waals surface area (Å²) in [6.07, 6.45) is 3.51. The molecule has 0 radical (unpaired) electrons. The summed E-state index contributed by atoms with van der Waals surface area (Å²) in [5.41, 5.74) is 1.99. The molecule has 5 rings (SSSR count). The molecule has 2 aromatic carbocycles. The maximum atomic E-state index is 13.1. The van der Waals surface area contributed by atoms with Gasteiger partial charge in [0.05, 0.1) is 4.90 Å². The summed E-state index contributed by atoms with van der Waals surface area (Å²) in [5, 5.41) is 3.18. The second kappa shape index (κ2) is 9.11. The first-order chi connectivity index (χ1) is 16.4. The van der Waals surface area contributed by atoms with Gasteiger partial charge in [0.15, 0.2) is 5.13 Å². The average molecular weight is 496 g/mol. The maximum Gasteiger partial charge on any atom is 0.263 e. The molecule has 3 heterocycles. The highest BCUT2D eigenvalue weighted by molar-refractivity contribution is 7.93. The fraction of sp³-hybridized carbons (Fsp3) is 0.250. The Labute approximate surface area is 202 Å². The number of nitrogens with one attached hydrogen (secondary N) is 1. The van der Waals surface area contributed by atoms with E-state index >= 15 is 0 Å². The molecule has 10 heteroatoms.